The van der Waals surface area contributed by atoms with Gasteiger partial charge in [-0.05, 0) is 25.0 Å². The van der Waals surface area contributed by atoms with Gasteiger partial charge in [0, 0.05) is 20.2 Å². The topological polar surface area (TPSA) is 38.1 Å². The van der Waals surface area contributed by atoms with Crippen LogP contribution in [0.3, 0.4) is 0 Å². The van der Waals surface area contributed by atoms with E-state index in [1.54, 1.807) is 12.3 Å². The molecule has 0 radical (unpaired) electrons. The van der Waals surface area contributed by atoms with Gasteiger partial charge in [0.15, 0.2) is 0 Å². The Morgan fingerprint density at radius 1 is 1.21 bits per heavy atom. The Bertz CT molecular complexity index is 644. The van der Waals surface area contributed by atoms with Crippen LogP contribution < -0.4 is 10.5 Å². The minimum atomic E-state index is -0.0768. The molecule has 1 heterocycles. The highest BCUT2D eigenvalue weighted by Gasteiger charge is 2.05. The Labute approximate surface area is 113 Å². The van der Waals surface area contributed by atoms with E-state index in [0.29, 0.717) is 6.54 Å². The van der Waals surface area contributed by atoms with Crippen LogP contribution in [-0.2, 0) is 6.54 Å². The summed E-state index contributed by atoms with van der Waals surface area (Å²) in [5.74, 6) is 0. The second kappa shape index (κ2) is 5.26. The fourth-order valence-corrected chi connectivity index (χ4v) is 1.92. The Kier molecular flexibility index (Phi) is 3.69. The lowest BCUT2D eigenvalue weighted by atomic mass is 10.1. The van der Waals surface area contributed by atoms with E-state index in [1.807, 2.05) is 32.8 Å². The predicted molar refractivity (Wildman–Crippen MR) is 77.8 cm³/mol. The number of aryl methyl sites for hydroxylation is 2. The van der Waals surface area contributed by atoms with Crippen molar-refractivity contribution in [2.45, 2.75) is 20.4 Å². The average Bonchev–Trinajstić information content (AvgIpc) is 2.36. The maximum absolute atomic E-state index is 12.0. The molecule has 2 rings (SSSR count). The minimum absolute atomic E-state index is 0.0768. The third-order valence-corrected chi connectivity index (χ3v) is 3.20. The van der Waals surface area contributed by atoms with Gasteiger partial charge in [0.25, 0.3) is 5.56 Å². The summed E-state index contributed by atoms with van der Waals surface area (Å²) in [6.07, 6.45) is 1.71. The number of benzene rings is 1. The summed E-state index contributed by atoms with van der Waals surface area (Å²) in [5.41, 5.74) is 4.25. The zero-order chi connectivity index (χ0) is 14.0. The standard InChI is InChI=1S/C15H19N3O/c1-11-5-6-12(2)13(7-11)10-18-15(19)8-14(9-16-18)17(3)4/h5-9H,10H2,1-4H3. The van der Waals surface area contributed by atoms with Crippen molar-refractivity contribution in [1.82, 2.24) is 9.78 Å². The monoisotopic (exact) mass is 257 g/mol. The quantitative estimate of drug-likeness (QED) is 0.844. The molecule has 0 N–H and O–H groups in total. The van der Waals surface area contributed by atoms with Gasteiger partial charge in [-0.15, -0.1) is 0 Å². The fraction of sp³-hybridized carbons (Fsp3) is 0.333. The van der Waals surface area contributed by atoms with Crippen molar-refractivity contribution in [2.24, 2.45) is 0 Å². The summed E-state index contributed by atoms with van der Waals surface area (Å²) in [4.78, 5) is 13.9. The summed E-state index contributed by atoms with van der Waals surface area (Å²) in [7, 11) is 3.79. The van der Waals surface area contributed by atoms with Crippen molar-refractivity contribution >= 4 is 5.69 Å². The number of hydrogen-bond acceptors (Lipinski definition) is 3. The van der Waals surface area contributed by atoms with Gasteiger partial charge in [0.2, 0.25) is 0 Å². The number of rotatable bonds is 3. The maximum Gasteiger partial charge on any atom is 0.269 e. The van der Waals surface area contributed by atoms with E-state index < -0.39 is 0 Å². The number of nitrogens with zero attached hydrogens (tertiary/aromatic N) is 3. The van der Waals surface area contributed by atoms with E-state index in [-0.39, 0.29) is 5.56 Å². The number of hydrogen-bond donors (Lipinski definition) is 0. The highest BCUT2D eigenvalue weighted by atomic mass is 16.1. The van der Waals surface area contributed by atoms with Crippen molar-refractivity contribution < 1.29 is 0 Å². The lowest BCUT2D eigenvalue weighted by Gasteiger charge is -2.13. The molecule has 0 amide bonds. The van der Waals surface area contributed by atoms with E-state index in [2.05, 4.69) is 23.3 Å². The largest absolute Gasteiger partial charge is 0.376 e. The molecule has 2 aromatic rings. The molecule has 0 unspecified atom stereocenters. The molecule has 4 heteroatoms. The van der Waals surface area contributed by atoms with Gasteiger partial charge in [-0.2, -0.15) is 5.10 Å². The van der Waals surface area contributed by atoms with Crippen LogP contribution in [0, 0.1) is 13.8 Å². The summed E-state index contributed by atoms with van der Waals surface area (Å²) < 4.78 is 1.49. The van der Waals surface area contributed by atoms with Crippen LogP contribution in [0.2, 0.25) is 0 Å². The van der Waals surface area contributed by atoms with Gasteiger partial charge in [-0.25, -0.2) is 4.68 Å². The molecule has 1 aromatic carbocycles. The van der Waals surface area contributed by atoms with Crippen LogP contribution in [0.4, 0.5) is 5.69 Å². The molecule has 0 bridgehead atoms. The fourth-order valence-electron chi connectivity index (χ4n) is 1.92. The summed E-state index contributed by atoms with van der Waals surface area (Å²) in [6.45, 7) is 4.61. The Morgan fingerprint density at radius 3 is 2.58 bits per heavy atom. The Hall–Kier alpha value is -2.10. The predicted octanol–water partition coefficient (Wildman–Crippen LogP) is 1.97. The lowest BCUT2D eigenvalue weighted by Crippen LogP contribution is -2.24. The molecule has 100 valence electrons. The highest BCUT2D eigenvalue weighted by molar-refractivity contribution is 5.40. The molecule has 0 aliphatic carbocycles. The first-order chi connectivity index (χ1) is 8.97. The first kappa shape index (κ1) is 13.3. The van der Waals surface area contributed by atoms with Crippen molar-refractivity contribution in [3.63, 3.8) is 0 Å². The van der Waals surface area contributed by atoms with Crippen LogP contribution in [0.5, 0.6) is 0 Å². The first-order valence-corrected chi connectivity index (χ1v) is 6.28. The van der Waals surface area contributed by atoms with Crippen molar-refractivity contribution in [3.05, 3.63) is 57.5 Å². The molecular weight excluding hydrogens is 238 g/mol. The van der Waals surface area contributed by atoms with Crippen molar-refractivity contribution in [3.8, 4) is 0 Å². The average molecular weight is 257 g/mol. The minimum Gasteiger partial charge on any atom is -0.376 e. The SMILES string of the molecule is Cc1ccc(C)c(Cn2ncc(N(C)C)cc2=O)c1. The van der Waals surface area contributed by atoms with Crippen LogP contribution in [0.25, 0.3) is 0 Å². The summed E-state index contributed by atoms with van der Waals surface area (Å²) in [6, 6.07) is 7.86. The second-order valence-corrected chi connectivity index (χ2v) is 5.03. The molecule has 0 aliphatic rings. The second-order valence-electron chi connectivity index (χ2n) is 5.03. The van der Waals surface area contributed by atoms with Crippen LogP contribution in [-0.4, -0.2) is 23.9 Å². The molecule has 1 aromatic heterocycles. The number of aromatic nitrogens is 2. The first-order valence-electron chi connectivity index (χ1n) is 6.28. The molecule has 19 heavy (non-hydrogen) atoms. The van der Waals surface area contributed by atoms with Gasteiger partial charge in [-0.3, -0.25) is 4.79 Å². The normalized spacial score (nSPS) is 10.5. The molecule has 0 spiro atoms. The van der Waals surface area contributed by atoms with Crippen molar-refractivity contribution in [1.29, 1.82) is 0 Å². The molecule has 0 saturated heterocycles. The van der Waals surface area contributed by atoms with Gasteiger partial charge in [0.05, 0.1) is 18.4 Å². The van der Waals surface area contributed by atoms with E-state index in [4.69, 9.17) is 0 Å². The lowest BCUT2D eigenvalue weighted by molar-refractivity contribution is 0.636. The van der Waals surface area contributed by atoms with E-state index in [1.165, 1.54) is 15.8 Å². The Morgan fingerprint density at radius 2 is 1.95 bits per heavy atom. The van der Waals surface area contributed by atoms with Gasteiger partial charge < -0.3 is 4.90 Å². The molecule has 0 saturated carbocycles. The van der Waals surface area contributed by atoms with Crippen LogP contribution >= 0.6 is 0 Å². The number of anilines is 1. The van der Waals surface area contributed by atoms with E-state index in [0.717, 1.165) is 11.3 Å². The molecule has 0 atom stereocenters. The van der Waals surface area contributed by atoms with E-state index >= 15 is 0 Å². The molecule has 0 aliphatic heterocycles. The Balaban J connectivity index is 2.34. The van der Waals surface area contributed by atoms with Crippen molar-refractivity contribution in [2.75, 3.05) is 19.0 Å². The highest BCUT2D eigenvalue weighted by Crippen LogP contribution is 2.11. The maximum atomic E-state index is 12.0. The third-order valence-electron chi connectivity index (χ3n) is 3.20. The molecular formula is C15H19N3O. The van der Waals surface area contributed by atoms with Gasteiger partial charge in [-0.1, -0.05) is 23.8 Å². The van der Waals surface area contributed by atoms with Gasteiger partial charge in [0.1, 0.15) is 0 Å². The van der Waals surface area contributed by atoms with Gasteiger partial charge >= 0.3 is 0 Å². The van der Waals surface area contributed by atoms with E-state index in [9.17, 15) is 4.79 Å². The third kappa shape index (κ3) is 3.02. The summed E-state index contributed by atoms with van der Waals surface area (Å²) in [5, 5.41) is 4.23. The van der Waals surface area contributed by atoms with Crippen LogP contribution in [0.1, 0.15) is 16.7 Å². The smallest absolute Gasteiger partial charge is 0.269 e. The zero-order valence-electron chi connectivity index (χ0n) is 11.8. The molecule has 4 nitrogen and oxygen atoms in total. The molecule has 0 fully saturated rings. The zero-order valence-corrected chi connectivity index (χ0v) is 11.8. The van der Waals surface area contributed by atoms with Crippen LogP contribution in [0.15, 0.2) is 35.3 Å². The summed E-state index contributed by atoms with van der Waals surface area (Å²) >= 11 is 0.